The average molecular weight is 546 g/mol. The van der Waals surface area contributed by atoms with Gasteiger partial charge in [-0.05, 0) is 22.3 Å². The van der Waals surface area contributed by atoms with E-state index in [2.05, 4.69) is 24.3 Å². The fraction of sp³-hybridized carbons (Fsp3) is 0. The predicted molar refractivity (Wildman–Crippen MR) is 155 cm³/mol. The molecule has 2 nitrogen and oxygen atoms in total. The maximum absolute atomic E-state index is 12.2. The number of carbonyl (C=O) groups is 2. The van der Waals surface area contributed by atoms with Crippen molar-refractivity contribution in [3.63, 3.8) is 0 Å². The van der Waals surface area contributed by atoms with Crippen LogP contribution in [0.4, 0.5) is 0 Å². The van der Waals surface area contributed by atoms with E-state index in [1.54, 1.807) is 0 Å². The van der Waals surface area contributed by atoms with Gasteiger partial charge in [-0.15, -0.1) is 12.1 Å². The van der Waals surface area contributed by atoms with Crippen molar-refractivity contribution in [2.24, 2.45) is 0 Å². The molecule has 0 unspecified atom stereocenters. The van der Waals surface area contributed by atoms with E-state index in [4.69, 9.17) is 0 Å². The zero-order valence-electron chi connectivity index (χ0n) is 21.2. The monoisotopic (exact) mass is 546 g/mol. The molecule has 0 aliphatic carbocycles. The van der Waals surface area contributed by atoms with Crippen LogP contribution in [0, 0.1) is 0 Å². The summed E-state index contributed by atoms with van der Waals surface area (Å²) in [6.45, 7) is 0. The van der Waals surface area contributed by atoms with Crippen LogP contribution in [0.1, 0.15) is 31.8 Å². The molecule has 0 bridgehead atoms. The van der Waals surface area contributed by atoms with Crippen molar-refractivity contribution in [2.75, 3.05) is 0 Å². The molecular formula is C36H26FeO2-6. The molecule has 6 aromatic rings. The molecule has 0 spiro atoms. The standard InChI is InChI=1S/2C18H13O.Fe/c2*19-18(16-8-4-5-9-16)17-12-10-15(11-13-17)14-6-2-1-3-7-14;/h2*1-13H;/q-5;-1;. The van der Waals surface area contributed by atoms with Crippen molar-refractivity contribution in [3.05, 3.63) is 180 Å². The minimum Gasteiger partial charge on any atom is -0.644 e. The Kier molecular flexibility index (Phi) is 9.37. The molecule has 6 rings (SSSR count). The Balaban J connectivity index is 0.000000176. The molecule has 0 aliphatic rings. The first-order chi connectivity index (χ1) is 18.7. The molecule has 39 heavy (non-hydrogen) atoms. The third-order valence-corrected chi connectivity index (χ3v) is 6.36. The Labute approximate surface area is 239 Å². The SMILES string of the molecule is O=C(c1ccc(-c2ccccc2)cc1)[c-]1[cH-][cH-][cH-][cH-]1.O=C(c1ccc(-c2ccccc2)cc1)[c-]1cccc1.[Fe]. The van der Waals surface area contributed by atoms with Crippen molar-refractivity contribution < 1.29 is 26.7 Å². The van der Waals surface area contributed by atoms with E-state index < -0.39 is 0 Å². The number of rotatable bonds is 6. The molecule has 0 N–H and O–H groups in total. The third-order valence-electron chi connectivity index (χ3n) is 6.36. The molecule has 0 amide bonds. The van der Waals surface area contributed by atoms with Gasteiger partial charge in [-0.25, -0.2) is 0 Å². The smallest absolute Gasteiger partial charge is 0.112 e. The average Bonchev–Trinajstić information content (AvgIpc) is 3.74. The second-order valence-electron chi connectivity index (χ2n) is 8.89. The summed E-state index contributed by atoms with van der Waals surface area (Å²) in [5.74, 6) is 0.147. The van der Waals surface area contributed by atoms with Crippen LogP contribution in [-0.4, -0.2) is 11.6 Å². The van der Waals surface area contributed by atoms with Gasteiger partial charge in [-0.1, -0.05) is 108 Å². The van der Waals surface area contributed by atoms with Gasteiger partial charge in [0.2, 0.25) is 0 Å². The fourth-order valence-electron chi connectivity index (χ4n) is 4.27. The van der Waals surface area contributed by atoms with Gasteiger partial charge in [-0.2, -0.15) is 24.3 Å². The van der Waals surface area contributed by atoms with Gasteiger partial charge in [0, 0.05) is 17.1 Å². The summed E-state index contributed by atoms with van der Waals surface area (Å²) in [7, 11) is 0. The Morgan fingerprint density at radius 2 is 0.846 bits per heavy atom. The molecule has 0 radical (unpaired) electrons. The minimum absolute atomic E-state index is 0. The third kappa shape index (κ3) is 6.85. The Hall–Kier alpha value is -4.56. The molecule has 0 atom stereocenters. The largest absolute Gasteiger partial charge is 0.644 e. The number of hydrogen-bond donors (Lipinski definition) is 0. The maximum atomic E-state index is 12.2. The summed E-state index contributed by atoms with van der Waals surface area (Å²) in [4.78, 5) is 24.3. The van der Waals surface area contributed by atoms with E-state index in [9.17, 15) is 9.59 Å². The predicted octanol–water partition coefficient (Wildman–Crippen LogP) is 8.60. The van der Waals surface area contributed by atoms with Crippen LogP contribution in [0.2, 0.25) is 0 Å². The number of ketones is 2. The van der Waals surface area contributed by atoms with Crippen molar-refractivity contribution >= 4 is 11.6 Å². The van der Waals surface area contributed by atoms with Crippen LogP contribution in [0.3, 0.4) is 0 Å². The van der Waals surface area contributed by atoms with E-state index >= 15 is 0 Å². The second kappa shape index (κ2) is 13.3. The van der Waals surface area contributed by atoms with Gasteiger partial charge < -0.3 is 50.8 Å². The summed E-state index contributed by atoms with van der Waals surface area (Å²) >= 11 is 0. The Bertz CT molecular complexity index is 1450. The quantitative estimate of drug-likeness (QED) is 0.119. The molecule has 0 aliphatic heterocycles. The minimum atomic E-state index is 0. The van der Waals surface area contributed by atoms with E-state index in [1.807, 2.05) is 133 Å². The summed E-state index contributed by atoms with van der Waals surface area (Å²) in [6.07, 6.45) is 0. The molecule has 0 saturated heterocycles. The number of carbonyl (C=O) groups excluding carboxylic acids is 2. The molecule has 0 heterocycles. The summed E-state index contributed by atoms with van der Waals surface area (Å²) in [6, 6.07) is 50.7. The first-order valence-corrected chi connectivity index (χ1v) is 12.5. The first kappa shape index (κ1) is 27.5. The molecule has 196 valence electrons. The van der Waals surface area contributed by atoms with E-state index in [1.165, 1.54) is 0 Å². The Morgan fingerprint density at radius 3 is 1.28 bits per heavy atom. The van der Waals surface area contributed by atoms with Gasteiger partial charge in [0.05, 0.1) is 0 Å². The van der Waals surface area contributed by atoms with Gasteiger partial charge >= 0.3 is 0 Å². The maximum Gasteiger partial charge on any atom is 0.112 e. The summed E-state index contributed by atoms with van der Waals surface area (Å²) in [5.41, 5.74) is 7.51. The van der Waals surface area contributed by atoms with Crippen molar-refractivity contribution in [2.45, 2.75) is 0 Å². The van der Waals surface area contributed by atoms with Crippen molar-refractivity contribution in [1.82, 2.24) is 0 Å². The molecular weight excluding hydrogens is 520 g/mol. The van der Waals surface area contributed by atoms with Crippen LogP contribution < -0.4 is 0 Å². The van der Waals surface area contributed by atoms with Crippen LogP contribution >= 0.6 is 0 Å². The van der Waals surface area contributed by atoms with Crippen LogP contribution in [0.25, 0.3) is 22.3 Å². The van der Waals surface area contributed by atoms with Gasteiger partial charge in [0.15, 0.2) is 0 Å². The van der Waals surface area contributed by atoms with Crippen LogP contribution in [-0.2, 0) is 17.1 Å². The van der Waals surface area contributed by atoms with Crippen LogP contribution in [0.5, 0.6) is 0 Å². The molecule has 3 heteroatoms. The van der Waals surface area contributed by atoms with E-state index in [0.29, 0.717) is 0 Å². The van der Waals surface area contributed by atoms with Crippen LogP contribution in [0.15, 0.2) is 158 Å². The normalized spacial score (nSPS) is 10.1. The van der Waals surface area contributed by atoms with Gasteiger partial charge in [0.25, 0.3) is 0 Å². The first-order valence-electron chi connectivity index (χ1n) is 12.5. The number of benzene rings is 4. The Morgan fingerprint density at radius 1 is 0.462 bits per heavy atom. The van der Waals surface area contributed by atoms with Gasteiger partial charge in [-0.3, -0.25) is 0 Å². The summed E-state index contributed by atoms with van der Waals surface area (Å²) < 4.78 is 0. The zero-order chi connectivity index (χ0) is 26.2. The molecule has 6 aromatic carbocycles. The van der Waals surface area contributed by atoms with Gasteiger partial charge in [0.1, 0.15) is 5.78 Å². The molecule has 0 fully saturated rings. The fourth-order valence-corrected chi connectivity index (χ4v) is 4.27. The van der Waals surface area contributed by atoms with Crippen molar-refractivity contribution in [1.29, 1.82) is 0 Å². The number of hydrogen-bond acceptors (Lipinski definition) is 2. The van der Waals surface area contributed by atoms with Crippen molar-refractivity contribution in [3.8, 4) is 22.3 Å². The van der Waals surface area contributed by atoms with E-state index in [0.717, 1.165) is 44.5 Å². The topological polar surface area (TPSA) is 34.1 Å². The summed E-state index contributed by atoms with van der Waals surface area (Å²) in [5, 5.41) is 0. The molecule has 0 aromatic heterocycles. The molecule has 0 saturated carbocycles. The van der Waals surface area contributed by atoms with E-state index in [-0.39, 0.29) is 28.6 Å². The second-order valence-corrected chi connectivity index (χ2v) is 8.89. The zero-order valence-corrected chi connectivity index (χ0v) is 22.3.